The highest BCUT2D eigenvalue weighted by atomic mass is 79.9. The van der Waals surface area contributed by atoms with E-state index in [-0.39, 0.29) is 12.6 Å². The summed E-state index contributed by atoms with van der Waals surface area (Å²) in [5.41, 5.74) is 0. The maximum atomic E-state index is 10.5. The molecule has 0 spiro atoms. The number of carbonyl (C=O) groups is 2. The van der Waals surface area contributed by atoms with Gasteiger partial charge in [0.15, 0.2) is 0 Å². The van der Waals surface area contributed by atoms with Crippen LogP contribution in [0.15, 0.2) is 25.3 Å². The van der Waals surface area contributed by atoms with Crippen LogP contribution in [0.5, 0.6) is 0 Å². The van der Waals surface area contributed by atoms with Crippen molar-refractivity contribution in [2.45, 2.75) is 13.8 Å². The van der Waals surface area contributed by atoms with Gasteiger partial charge in [-0.1, -0.05) is 28.1 Å². The van der Waals surface area contributed by atoms with Gasteiger partial charge >= 0.3 is 11.9 Å². The predicted molar refractivity (Wildman–Crippen MR) is 85.4 cm³/mol. The molecule has 0 aromatic rings. The van der Waals surface area contributed by atoms with Gasteiger partial charge < -0.3 is 19.3 Å². The van der Waals surface area contributed by atoms with Crippen molar-refractivity contribution in [3.63, 3.8) is 0 Å². The molecule has 124 valence electrons. The monoisotopic (exact) mass is 368 g/mol. The van der Waals surface area contributed by atoms with E-state index in [4.69, 9.17) is 9.84 Å². The van der Waals surface area contributed by atoms with Crippen LogP contribution in [0.1, 0.15) is 13.8 Å². The second-order valence-corrected chi connectivity index (χ2v) is 3.66. The number of allylic oxidation sites excluding steroid dienone is 1. The van der Waals surface area contributed by atoms with Gasteiger partial charge in [0.05, 0.1) is 19.8 Å². The van der Waals surface area contributed by atoms with E-state index in [0.717, 1.165) is 5.33 Å². The van der Waals surface area contributed by atoms with Gasteiger partial charge in [-0.15, -0.1) is 13.2 Å². The second kappa shape index (κ2) is 23.9. The Hall–Kier alpha value is -1.18. The van der Waals surface area contributed by atoms with E-state index in [0.29, 0.717) is 19.8 Å². The fourth-order valence-electron chi connectivity index (χ4n) is 0.635. The van der Waals surface area contributed by atoms with Crippen LogP contribution in [-0.4, -0.2) is 55.4 Å². The van der Waals surface area contributed by atoms with Crippen molar-refractivity contribution in [2.24, 2.45) is 0 Å². The molecular weight excluding hydrogens is 344 g/mol. The third-order valence-corrected chi connectivity index (χ3v) is 1.76. The number of ether oxygens (including phenoxy) is 3. The van der Waals surface area contributed by atoms with Crippen LogP contribution >= 0.6 is 15.9 Å². The number of halogens is 1. The molecule has 21 heavy (non-hydrogen) atoms. The summed E-state index contributed by atoms with van der Waals surface area (Å²) in [7, 11) is 0. The fraction of sp³-hybridized carbons (Fsp3) is 0.571. The zero-order chi connectivity index (χ0) is 16.9. The zero-order valence-electron chi connectivity index (χ0n) is 12.7. The van der Waals surface area contributed by atoms with Crippen LogP contribution in [0, 0.1) is 0 Å². The molecule has 0 aliphatic heterocycles. The SMILES string of the molecule is C=CCBr.C=CCOCC(=O)OCC.CCOC(=O)CO. The standard InChI is InChI=1S/C7H12O3.C4H8O3.C3H5Br/c1-3-5-9-6-7(8)10-4-2;1-2-7-4(6)3-5;1-2-3-4/h3H,1,4-6H2,2H3;5H,2-3H2,1H3;2H,1,3H2. The maximum Gasteiger partial charge on any atom is 0.332 e. The molecule has 0 aliphatic carbocycles. The van der Waals surface area contributed by atoms with Crippen LogP contribution in [-0.2, 0) is 23.8 Å². The summed E-state index contributed by atoms with van der Waals surface area (Å²) in [5.74, 6) is -0.896. The lowest BCUT2D eigenvalue weighted by Crippen LogP contribution is -2.12. The van der Waals surface area contributed by atoms with E-state index in [1.165, 1.54) is 0 Å². The number of aliphatic hydroxyl groups is 1. The highest BCUT2D eigenvalue weighted by molar-refractivity contribution is 9.09. The number of carbonyl (C=O) groups excluding carboxylic acids is 2. The molecule has 0 aromatic carbocycles. The Kier molecular flexibility index (Phi) is 28.2. The molecule has 0 aromatic heterocycles. The van der Waals surface area contributed by atoms with E-state index in [2.05, 4.69) is 38.6 Å². The van der Waals surface area contributed by atoms with Crippen molar-refractivity contribution in [2.75, 3.05) is 38.4 Å². The Labute approximate surface area is 134 Å². The largest absolute Gasteiger partial charge is 0.464 e. The smallest absolute Gasteiger partial charge is 0.332 e. The average molecular weight is 369 g/mol. The molecule has 0 amide bonds. The Morgan fingerprint density at radius 1 is 1.10 bits per heavy atom. The normalized spacial score (nSPS) is 8.19. The Morgan fingerprint density at radius 3 is 1.86 bits per heavy atom. The molecule has 0 saturated heterocycles. The van der Waals surface area contributed by atoms with Gasteiger partial charge in [-0.3, -0.25) is 0 Å². The van der Waals surface area contributed by atoms with Crippen LogP contribution < -0.4 is 0 Å². The second-order valence-electron chi connectivity index (χ2n) is 3.01. The number of hydrogen-bond donors (Lipinski definition) is 1. The number of rotatable bonds is 8. The first-order valence-electron chi connectivity index (χ1n) is 6.31. The Bertz CT molecular complexity index is 268. The first kappa shape index (κ1) is 24.8. The van der Waals surface area contributed by atoms with Crippen molar-refractivity contribution in [3.8, 4) is 0 Å². The molecule has 0 heterocycles. The lowest BCUT2D eigenvalue weighted by molar-refractivity contribution is -0.148. The molecular formula is C14H25BrO6. The van der Waals surface area contributed by atoms with Crippen LogP contribution in [0.2, 0.25) is 0 Å². The molecule has 0 aliphatic rings. The van der Waals surface area contributed by atoms with Crippen molar-refractivity contribution in [1.29, 1.82) is 0 Å². The molecule has 1 N–H and O–H groups in total. The quantitative estimate of drug-likeness (QED) is 0.304. The van der Waals surface area contributed by atoms with Gasteiger partial charge in [0.1, 0.15) is 13.2 Å². The summed E-state index contributed by atoms with van der Waals surface area (Å²) in [6.45, 7) is 10.9. The van der Waals surface area contributed by atoms with Crippen molar-refractivity contribution >= 4 is 27.9 Å². The minimum Gasteiger partial charge on any atom is -0.464 e. The number of aliphatic hydroxyl groups excluding tert-OH is 1. The van der Waals surface area contributed by atoms with Crippen LogP contribution in [0.25, 0.3) is 0 Å². The fourth-order valence-corrected chi connectivity index (χ4v) is 0.635. The van der Waals surface area contributed by atoms with E-state index in [9.17, 15) is 9.59 Å². The summed E-state index contributed by atoms with van der Waals surface area (Å²) in [6.07, 6.45) is 3.37. The average Bonchev–Trinajstić information content (AvgIpc) is 2.49. The van der Waals surface area contributed by atoms with Gasteiger partial charge in [-0.2, -0.15) is 0 Å². The molecule has 0 saturated carbocycles. The van der Waals surface area contributed by atoms with E-state index < -0.39 is 12.6 Å². The Morgan fingerprint density at radius 2 is 1.57 bits per heavy atom. The van der Waals surface area contributed by atoms with Gasteiger partial charge in [0.2, 0.25) is 0 Å². The maximum absolute atomic E-state index is 10.5. The molecule has 0 rings (SSSR count). The summed E-state index contributed by atoms with van der Waals surface area (Å²) in [5, 5.41) is 8.89. The molecule has 0 radical (unpaired) electrons. The van der Waals surface area contributed by atoms with E-state index in [1.807, 2.05) is 0 Å². The van der Waals surface area contributed by atoms with E-state index in [1.54, 1.807) is 26.0 Å². The highest BCUT2D eigenvalue weighted by Crippen LogP contribution is 1.80. The van der Waals surface area contributed by atoms with E-state index >= 15 is 0 Å². The Balaban J connectivity index is -0.000000256. The van der Waals surface area contributed by atoms with Crippen molar-refractivity contribution in [3.05, 3.63) is 25.3 Å². The minimum absolute atomic E-state index is 0.0137. The molecule has 6 nitrogen and oxygen atoms in total. The van der Waals surface area contributed by atoms with Gasteiger partial charge in [0.25, 0.3) is 0 Å². The summed E-state index contributed by atoms with van der Waals surface area (Å²) in [4.78, 5) is 20.5. The van der Waals surface area contributed by atoms with Crippen LogP contribution in [0.4, 0.5) is 0 Å². The summed E-state index contributed by atoms with van der Waals surface area (Å²) in [6, 6.07) is 0. The number of alkyl halides is 1. The third kappa shape index (κ3) is 32.4. The molecule has 0 bridgehead atoms. The summed E-state index contributed by atoms with van der Waals surface area (Å²) < 4.78 is 13.7. The zero-order valence-corrected chi connectivity index (χ0v) is 14.3. The molecule has 0 unspecified atom stereocenters. The van der Waals surface area contributed by atoms with Gasteiger partial charge in [0, 0.05) is 5.33 Å². The molecule has 7 heteroatoms. The highest BCUT2D eigenvalue weighted by Gasteiger charge is 1.98. The first-order chi connectivity index (χ1) is 10.0. The lowest BCUT2D eigenvalue weighted by Gasteiger charge is -1.99. The van der Waals surface area contributed by atoms with Crippen molar-refractivity contribution in [1.82, 2.24) is 0 Å². The summed E-state index contributed by atoms with van der Waals surface area (Å²) >= 11 is 3.13. The lowest BCUT2D eigenvalue weighted by atomic mass is 10.6. The predicted octanol–water partition coefficient (Wildman–Crippen LogP) is 1.86. The first-order valence-corrected chi connectivity index (χ1v) is 7.43. The van der Waals surface area contributed by atoms with Gasteiger partial charge in [-0.25, -0.2) is 9.59 Å². The minimum atomic E-state index is -0.567. The molecule has 0 fully saturated rings. The third-order valence-electron chi connectivity index (χ3n) is 1.30. The van der Waals surface area contributed by atoms with Gasteiger partial charge in [-0.05, 0) is 13.8 Å². The number of hydrogen-bond acceptors (Lipinski definition) is 6. The number of esters is 2. The van der Waals surface area contributed by atoms with Crippen molar-refractivity contribution < 1.29 is 28.9 Å². The molecule has 0 atom stereocenters. The van der Waals surface area contributed by atoms with Crippen LogP contribution in [0.3, 0.4) is 0 Å². The topological polar surface area (TPSA) is 82.1 Å².